The Kier molecular flexibility index (Phi) is 5.07. The van der Waals surface area contributed by atoms with Crippen LogP contribution in [0.2, 0.25) is 0 Å². The number of anilines is 1. The molecule has 1 unspecified atom stereocenters. The Labute approximate surface area is 127 Å². The van der Waals surface area contributed by atoms with Crippen LogP contribution in [0.5, 0.6) is 5.75 Å². The van der Waals surface area contributed by atoms with Crippen molar-refractivity contribution in [3.63, 3.8) is 0 Å². The maximum Gasteiger partial charge on any atom is 0.303 e. The lowest BCUT2D eigenvalue weighted by Gasteiger charge is -2.18. The van der Waals surface area contributed by atoms with E-state index in [1.54, 1.807) is 12.1 Å². The van der Waals surface area contributed by atoms with Gasteiger partial charge in [0.1, 0.15) is 11.1 Å². The molecule has 0 heterocycles. The minimum atomic E-state index is -0.995. The number of carbonyl (C=O) groups is 2. The van der Waals surface area contributed by atoms with Crippen molar-refractivity contribution in [3.05, 3.63) is 23.3 Å². The van der Waals surface area contributed by atoms with Gasteiger partial charge in [-0.3, -0.25) is 9.59 Å². The maximum atomic E-state index is 11.9. The first-order chi connectivity index (χ1) is 9.97. The van der Waals surface area contributed by atoms with Gasteiger partial charge >= 0.3 is 5.97 Å². The highest BCUT2D eigenvalue weighted by Gasteiger charge is 2.19. The average Bonchev–Trinajstić information content (AvgIpc) is 2.45. The fraction of sp³-hybridized carbons (Fsp3) is 0.467. The second-order valence-corrected chi connectivity index (χ2v) is 5.76. The van der Waals surface area contributed by atoms with Crippen molar-refractivity contribution in [1.29, 1.82) is 0 Å². The van der Waals surface area contributed by atoms with E-state index in [1.165, 1.54) is 0 Å². The van der Waals surface area contributed by atoms with Crippen molar-refractivity contribution < 1.29 is 19.8 Å². The van der Waals surface area contributed by atoms with Crippen LogP contribution in [0.1, 0.15) is 36.8 Å². The van der Waals surface area contributed by atoms with Crippen LogP contribution in [0.25, 0.3) is 0 Å². The van der Waals surface area contributed by atoms with Gasteiger partial charge in [0.25, 0.3) is 0 Å². The number of amides is 1. The summed E-state index contributed by atoms with van der Waals surface area (Å²) in [5, 5.41) is 20.2. The number of phenols is 1. The summed E-state index contributed by atoms with van der Waals surface area (Å²) >= 11 is 5.86. The van der Waals surface area contributed by atoms with Gasteiger partial charge in [-0.05, 0) is 55.4 Å². The number of nitrogens with one attached hydrogen (secondary N) is 1. The van der Waals surface area contributed by atoms with Gasteiger partial charge in [-0.15, -0.1) is 11.6 Å². The molecule has 5 nitrogen and oxygen atoms in total. The van der Waals surface area contributed by atoms with E-state index in [1.807, 2.05) is 0 Å². The molecule has 1 aliphatic carbocycles. The summed E-state index contributed by atoms with van der Waals surface area (Å²) in [6.07, 6.45) is 3.96. The van der Waals surface area contributed by atoms with E-state index in [0.29, 0.717) is 5.69 Å². The zero-order valence-corrected chi connectivity index (χ0v) is 12.3. The summed E-state index contributed by atoms with van der Waals surface area (Å²) in [5.74, 6) is -1.47. The lowest BCUT2D eigenvalue weighted by atomic mass is 9.91. The fourth-order valence-corrected chi connectivity index (χ4v) is 2.63. The highest BCUT2D eigenvalue weighted by Crippen LogP contribution is 2.32. The minimum absolute atomic E-state index is 0.0195. The predicted octanol–water partition coefficient (Wildman–Crippen LogP) is 2.68. The molecule has 6 heteroatoms. The van der Waals surface area contributed by atoms with Crippen LogP contribution in [-0.4, -0.2) is 27.5 Å². The summed E-state index contributed by atoms with van der Waals surface area (Å²) in [4.78, 5) is 22.4. The highest BCUT2D eigenvalue weighted by atomic mass is 35.5. The zero-order valence-electron chi connectivity index (χ0n) is 11.6. The quantitative estimate of drug-likeness (QED) is 0.576. The Morgan fingerprint density at radius 3 is 2.48 bits per heavy atom. The first-order valence-corrected chi connectivity index (χ1v) is 7.42. The SMILES string of the molecule is O=C(O)CCC(Cl)C(=O)Nc1cc2c(cc1O)CCCC2. The Bertz CT molecular complexity index is 559. The van der Waals surface area contributed by atoms with Gasteiger partial charge in [0.15, 0.2) is 0 Å². The Balaban J connectivity index is 2.05. The number of aryl methyl sites for hydroxylation is 2. The number of rotatable bonds is 5. The van der Waals surface area contributed by atoms with Crippen LogP contribution in [-0.2, 0) is 22.4 Å². The molecule has 0 radical (unpaired) electrons. The van der Waals surface area contributed by atoms with E-state index in [0.717, 1.165) is 36.8 Å². The maximum absolute atomic E-state index is 11.9. The number of aliphatic carboxylic acids is 1. The van der Waals surface area contributed by atoms with E-state index in [2.05, 4.69) is 5.32 Å². The van der Waals surface area contributed by atoms with E-state index in [-0.39, 0.29) is 18.6 Å². The standard InChI is InChI=1S/C15H18ClNO4/c16-11(5-6-14(19)20)15(21)17-12-7-9-3-1-2-4-10(9)8-13(12)18/h7-8,11,18H,1-6H2,(H,17,21)(H,19,20). The van der Waals surface area contributed by atoms with Crippen molar-refractivity contribution in [2.24, 2.45) is 0 Å². The average molecular weight is 312 g/mol. The molecule has 2 rings (SSSR count). The molecule has 0 bridgehead atoms. The van der Waals surface area contributed by atoms with Crippen molar-refractivity contribution >= 4 is 29.2 Å². The molecule has 114 valence electrons. The molecule has 3 N–H and O–H groups in total. The molecule has 0 aromatic heterocycles. The van der Waals surface area contributed by atoms with Crippen LogP contribution < -0.4 is 5.32 Å². The van der Waals surface area contributed by atoms with Crippen molar-refractivity contribution in [2.45, 2.75) is 43.9 Å². The topological polar surface area (TPSA) is 86.6 Å². The summed E-state index contributed by atoms with van der Waals surface area (Å²) in [6.45, 7) is 0. The number of benzene rings is 1. The van der Waals surface area contributed by atoms with Crippen LogP contribution in [0.3, 0.4) is 0 Å². The first kappa shape index (κ1) is 15.6. The van der Waals surface area contributed by atoms with Gasteiger partial charge in [-0.2, -0.15) is 0 Å². The van der Waals surface area contributed by atoms with Gasteiger partial charge in [-0.1, -0.05) is 0 Å². The fourth-order valence-electron chi connectivity index (χ4n) is 2.47. The number of alkyl halides is 1. The largest absolute Gasteiger partial charge is 0.506 e. The smallest absolute Gasteiger partial charge is 0.303 e. The van der Waals surface area contributed by atoms with Gasteiger partial charge in [0.2, 0.25) is 5.91 Å². The van der Waals surface area contributed by atoms with Gasteiger partial charge in [0, 0.05) is 6.42 Å². The molecule has 0 saturated heterocycles. The molecule has 1 aliphatic rings. The molecular formula is C15H18ClNO4. The normalized spacial score (nSPS) is 15.1. The van der Waals surface area contributed by atoms with Crippen LogP contribution in [0.15, 0.2) is 12.1 Å². The summed E-state index contributed by atoms with van der Waals surface area (Å²) in [7, 11) is 0. The molecule has 0 spiro atoms. The molecule has 21 heavy (non-hydrogen) atoms. The molecule has 0 fully saturated rings. The number of carboxylic acid groups (broad SMARTS) is 1. The van der Waals surface area contributed by atoms with Crippen molar-refractivity contribution in [1.82, 2.24) is 0 Å². The minimum Gasteiger partial charge on any atom is -0.506 e. The Hall–Kier alpha value is -1.75. The third kappa shape index (κ3) is 4.11. The molecular weight excluding hydrogens is 294 g/mol. The number of phenolic OH excluding ortho intramolecular Hbond substituents is 1. The molecule has 0 aliphatic heterocycles. The lowest BCUT2D eigenvalue weighted by Crippen LogP contribution is -2.24. The third-order valence-electron chi connectivity index (χ3n) is 3.61. The Morgan fingerprint density at radius 1 is 1.24 bits per heavy atom. The summed E-state index contributed by atoms with van der Waals surface area (Å²) < 4.78 is 0. The van der Waals surface area contributed by atoms with Gasteiger partial charge in [-0.25, -0.2) is 0 Å². The number of halogens is 1. The molecule has 1 amide bonds. The third-order valence-corrected chi connectivity index (χ3v) is 4.03. The van der Waals surface area contributed by atoms with Gasteiger partial charge < -0.3 is 15.5 Å². The summed E-state index contributed by atoms with van der Waals surface area (Å²) in [5.41, 5.74) is 2.58. The second kappa shape index (κ2) is 6.80. The van der Waals surface area contributed by atoms with E-state index < -0.39 is 17.3 Å². The lowest BCUT2D eigenvalue weighted by molar-refractivity contribution is -0.137. The number of fused-ring (bicyclic) bond motifs is 1. The first-order valence-electron chi connectivity index (χ1n) is 6.99. The number of hydrogen-bond acceptors (Lipinski definition) is 3. The predicted molar refractivity (Wildman–Crippen MR) is 79.9 cm³/mol. The van der Waals surface area contributed by atoms with E-state index in [9.17, 15) is 14.7 Å². The van der Waals surface area contributed by atoms with E-state index >= 15 is 0 Å². The molecule has 1 aromatic rings. The molecule has 1 atom stereocenters. The van der Waals surface area contributed by atoms with Crippen molar-refractivity contribution in [2.75, 3.05) is 5.32 Å². The van der Waals surface area contributed by atoms with Crippen LogP contribution in [0, 0.1) is 0 Å². The number of hydrogen-bond donors (Lipinski definition) is 3. The number of aromatic hydroxyl groups is 1. The molecule has 0 saturated carbocycles. The van der Waals surface area contributed by atoms with Crippen molar-refractivity contribution in [3.8, 4) is 5.75 Å². The molecule has 1 aromatic carbocycles. The van der Waals surface area contributed by atoms with Gasteiger partial charge in [0.05, 0.1) is 5.69 Å². The number of carboxylic acids is 1. The number of carbonyl (C=O) groups excluding carboxylic acids is 1. The van der Waals surface area contributed by atoms with E-state index in [4.69, 9.17) is 16.7 Å². The summed E-state index contributed by atoms with van der Waals surface area (Å²) in [6, 6.07) is 3.47. The highest BCUT2D eigenvalue weighted by molar-refractivity contribution is 6.32. The monoisotopic (exact) mass is 311 g/mol. The Morgan fingerprint density at radius 2 is 1.86 bits per heavy atom. The zero-order chi connectivity index (χ0) is 15.4. The van der Waals surface area contributed by atoms with Crippen LogP contribution >= 0.6 is 11.6 Å². The van der Waals surface area contributed by atoms with Crippen LogP contribution in [0.4, 0.5) is 5.69 Å². The second-order valence-electron chi connectivity index (χ2n) is 5.23.